The summed E-state index contributed by atoms with van der Waals surface area (Å²) < 4.78 is 0. The van der Waals surface area contributed by atoms with Gasteiger partial charge in [-0.05, 0) is 25.0 Å². The van der Waals surface area contributed by atoms with Crippen molar-refractivity contribution in [3.63, 3.8) is 0 Å². The van der Waals surface area contributed by atoms with E-state index in [-0.39, 0.29) is 29.9 Å². The van der Waals surface area contributed by atoms with Gasteiger partial charge in [-0.3, -0.25) is 9.59 Å². The molecule has 2 aliphatic heterocycles. The minimum absolute atomic E-state index is 0.0545. The number of hydrogen-bond donors (Lipinski definition) is 2. The number of likely N-dealkylation sites (tertiary alicyclic amines) is 1. The number of amides is 2. The van der Waals surface area contributed by atoms with Crippen LogP contribution in [0, 0.1) is 5.92 Å². The van der Waals surface area contributed by atoms with Crippen molar-refractivity contribution >= 4 is 17.5 Å². The van der Waals surface area contributed by atoms with Crippen molar-refractivity contribution in [3.05, 3.63) is 42.5 Å². The van der Waals surface area contributed by atoms with Crippen LogP contribution >= 0.6 is 0 Å². The molecule has 4 rings (SSSR count). The highest BCUT2D eigenvalue weighted by atomic mass is 16.3. The van der Waals surface area contributed by atoms with E-state index in [2.05, 4.69) is 9.97 Å². The number of carbonyl (C=O) groups excluding carboxylic acids is 2. The highest BCUT2D eigenvalue weighted by molar-refractivity contribution is 6.00. The number of anilines is 1. The standard InChI is InChI=1S/C19H22N4O3/c24-16-3-1-2-15(11-16)23-12-14(10-17(23)25)19(26)22-8-4-13(5-9-22)18-20-6-7-21-18/h1-3,6-7,11,13-14,24H,4-5,8-10,12H2,(H,20,21). The first-order valence-electron chi connectivity index (χ1n) is 8.99. The van der Waals surface area contributed by atoms with Crippen LogP contribution in [0.1, 0.15) is 31.0 Å². The van der Waals surface area contributed by atoms with E-state index in [0.29, 0.717) is 31.2 Å². The smallest absolute Gasteiger partial charge is 0.228 e. The van der Waals surface area contributed by atoms with Gasteiger partial charge in [0.25, 0.3) is 0 Å². The molecule has 2 fully saturated rings. The Morgan fingerprint density at radius 2 is 2.08 bits per heavy atom. The summed E-state index contributed by atoms with van der Waals surface area (Å²) in [7, 11) is 0. The average Bonchev–Trinajstić information content (AvgIpc) is 3.31. The topological polar surface area (TPSA) is 89.5 Å². The lowest BCUT2D eigenvalue weighted by Gasteiger charge is -2.32. The molecule has 2 saturated heterocycles. The van der Waals surface area contributed by atoms with Crippen molar-refractivity contribution in [2.75, 3.05) is 24.5 Å². The molecular weight excluding hydrogens is 332 g/mol. The van der Waals surface area contributed by atoms with Gasteiger partial charge in [-0.15, -0.1) is 0 Å². The van der Waals surface area contributed by atoms with Gasteiger partial charge < -0.3 is 19.9 Å². The monoisotopic (exact) mass is 354 g/mol. The van der Waals surface area contributed by atoms with E-state index in [4.69, 9.17) is 0 Å². The zero-order valence-corrected chi connectivity index (χ0v) is 14.5. The number of nitrogens with zero attached hydrogens (tertiary/aromatic N) is 3. The van der Waals surface area contributed by atoms with Crippen LogP contribution in [0.15, 0.2) is 36.7 Å². The predicted octanol–water partition coefficient (Wildman–Crippen LogP) is 1.87. The first-order valence-corrected chi connectivity index (χ1v) is 8.99. The van der Waals surface area contributed by atoms with Gasteiger partial charge >= 0.3 is 0 Å². The summed E-state index contributed by atoms with van der Waals surface area (Å²) in [4.78, 5) is 36.2. The number of benzene rings is 1. The number of aromatic nitrogens is 2. The molecule has 1 atom stereocenters. The number of aromatic hydroxyl groups is 1. The number of phenolic OH excluding ortho intramolecular Hbond substituents is 1. The van der Waals surface area contributed by atoms with Gasteiger partial charge in [0.2, 0.25) is 11.8 Å². The minimum Gasteiger partial charge on any atom is -0.508 e. The Bertz CT molecular complexity index is 797. The number of nitrogens with one attached hydrogen (secondary N) is 1. The van der Waals surface area contributed by atoms with Gasteiger partial charge in [-0.2, -0.15) is 0 Å². The SMILES string of the molecule is O=C(C1CC(=O)N(c2cccc(O)c2)C1)N1CCC(c2ncc[nH]2)CC1. The largest absolute Gasteiger partial charge is 0.508 e. The molecule has 1 aromatic heterocycles. The summed E-state index contributed by atoms with van der Waals surface area (Å²) >= 11 is 0. The number of aromatic amines is 1. The summed E-state index contributed by atoms with van der Waals surface area (Å²) in [6.45, 7) is 1.77. The number of rotatable bonds is 3. The fourth-order valence-electron chi connectivity index (χ4n) is 3.92. The van der Waals surface area contributed by atoms with Gasteiger partial charge in [0, 0.05) is 56.1 Å². The van der Waals surface area contributed by atoms with Gasteiger partial charge in [-0.25, -0.2) is 4.98 Å². The summed E-state index contributed by atoms with van der Waals surface area (Å²) in [5.41, 5.74) is 0.641. The first-order chi connectivity index (χ1) is 12.6. The Labute approximate surface area is 151 Å². The van der Waals surface area contributed by atoms with Crippen LogP contribution in [0.3, 0.4) is 0 Å². The number of phenols is 1. The second-order valence-corrected chi connectivity index (χ2v) is 7.00. The Balaban J connectivity index is 1.38. The van der Waals surface area contributed by atoms with Crippen LogP contribution in [-0.2, 0) is 9.59 Å². The van der Waals surface area contributed by atoms with Crippen molar-refractivity contribution < 1.29 is 14.7 Å². The van der Waals surface area contributed by atoms with Crippen molar-refractivity contribution in [3.8, 4) is 5.75 Å². The molecule has 7 heteroatoms. The summed E-state index contributed by atoms with van der Waals surface area (Å²) in [5.74, 6) is 1.14. The van der Waals surface area contributed by atoms with Crippen LogP contribution in [0.25, 0.3) is 0 Å². The van der Waals surface area contributed by atoms with Crippen LogP contribution in [0.2, 0.25) is 0 Å². The lowest BCUT2D eigenvalue weighted by atomic mass is 9.95. The van der Waals surface area contributed by atoms with E-state index < -0.39 is 0 Å². The molecular formula is C19H22N4O3. The third kappa shape index (κ3) is 3.16. The fraction of sp³-hybridized carbons (Fsp3) is 0.421. The predicted molar refractivity (Wildman–Crippen MR) is 95.7 cm³/mol. The molecule has 136 valence electrons. The number of imidazole rings is 1. The summed E-state index contributed by atoms with van der Waals surface area (Å²) in [6.07, 6.45) is 5.58. The number of hydrogen-bond acceptors (Lipinski definition) is 4. The summed E-state index contributed by atoms with van der Waals surface area (Å²) in [5, 5.41) is 9.62. The van der Waals surface area contributed by atoms with E-state index >= 15 is 0 Å². The molecule has 2 N–H and O–H groups in total. The minimum atomic E-state index is -0.315. The van der Waals surface area contributed by atoms with E-state index in [1.165, 1.54) is 0 Å². The van der Waals surface area contributed by atoms with E-state index in [1.807, 2.05) is 11.1 Å². The highest BCUT2D eigenvalue weighted by Gasteiger charge is 2.38. The van der Waals surface area contributed by atoms with Gasteiger partial charge in [0.05, 0.1) is 5.92 Å². The molecule has 2 aliphatic rings. The second kappa shape index (κ2) is 6.82. The van der Waals surface area contributed by atoms with Crippen LogP contribution in [0.4, 0.5) is 5.69 Å². The lowest BCUT2D eigenvalue weighted by molar-refractivity contribution is -0.136. The van der Waals surface area contributed by atoms with E-state index in [1.54, 1.807) is 35.4 Å². The van der Waals surface area contributed by atoms with E-state index in [0.717, 1.165) is 18.7 Å². The molecule has 0 aliphatic carbocycles. The van der Waals surface area contributed by atoms with Crippen molar-refractivity contribution in [2.45, 2.75) is 25.2 Å². The summed E-state index contributed by atoms with van der Waals surface area (Å²) in [6, 6.07) is 6.60. The van der Waals surface area contributed by atoms with Crippen molar-refractivity contribution in [1.82, 2.24) is 14.9 Å². The van der Waals surface area contributed by atoms with Crippen molar-refractivity contribution in [1.29, 1.82) is 0 Å². The molecule has 0 spiro atoms. The molecule has 2 aromatic rings. The fourth-order valence-corrected chi connectivity index (χ4v) is 3.92. The molecule has 0 bridgehead atoms. The molecule has 26 heavy (non-hydrogen) atoms. The lowest BCUT2D eigenvalue weighted by Crippen LogP contribution is -2.42. The molecule has 0 saturated carbocycles. The molecule has 3 heterocycles. The van der Waals surface area contributed by atoms with Gasteiger partial charge in [0.1, 0.15) is 11.6 Å². The maximum absolute atomic E-state index is 12.9. The number of carbonyl (C=O) groups is 2. The molecule has 0 radical (unpaired) electrons. The molecule has 2 amide bonds. The van der Waals surface area contributed by atoms with E-state index in [9.17, 15) is 14.7 Å². The quantitative estimate of drug-likeness (QED) is 0.881. The maximum Gasteiger partial charge on any atom is 0.228 e. The molecule has 1 unspecified atom stereocenters. The van der Waals surface area contributed by atoms with Crippen LogP contribution < -0.4 is 4.90 Å². The number of H-pyrrole nitrogens is 1. The molecule has 7 nitrogen and oxygen atoms in total. The average molecular weight is 354 g/mol. The van der Waals surface area contributed by atoms with Crippen LogP contribution in [0.5, 0.6) is 5.75 Å². The Morgan fingerprint density at radius 1 is 1.27 bits per heavy atom. The first kappa shape index (κ1) is 16.6. The number of piperidine rings is 1. The molecule has 1 aromatic carbocycles. The van der Waals surface area contributed by atoms with Gasteiger partial charge in [-0.1, -0.05) is 6.07 Å². The zero-order valence-electron chi connectivity index (χ0n) is 14.5. The Morgan fingerprint density at radius 3 is 2.77 bits per heavy atom. The normalized spacial score (nSPS) is 21.4. The van der Waals surface area contributed by atoms with Crippen LogP contribution in [-0.4, -0.2) is 51.4 Å². The Kier molecular flexibility index (Phi) is 4.36. The maximum atomic E-state index is 12.9. The third-order valence-electron chi connectivity index (χ3n) is 5.33. The highest BCUT2D eigenvalue weighted by Crippen LogP contribution is 2.31. The third-order valence-corrected chi connectivity index (χ3v) is 5.33. The Hall–Kier alpha value is -2.83. The second-order valence-electron chi connectivity index (χ2n) is 7.00. The zero-order chi connectivity index (χ0) is 18.1. The van der Waals surface area contributed by atoms with Crippen molar-refractivity contribution in [2.24, 2.45) is 5.92 Å². The van der Waals surface area contributed by atoms with Gasteiger partial charge in [0.15, 0.2) is 0 Å².